The van der Waals surface area contributed by atoms with Crippen molar-refractivity contribution >= 4 is 5.97 Å². The van der Waals surface area contributed by atoms with Crippen molar-refractivity contribution in [2.75, 3.05) is 20.2 Å². The van der Waals surface area contributed by atoms with Gasteiger partial charge in [0.05, 0.1) is 0 Å². The van der Waals surface area contributed by atoms with Crippen LogP contribution in [0.2, 0.25) is 0 Å². The van der Waals surface area contributed by atoms with Crippen molar-refractivity contribution in [1.82, 2.24) is 4.90 Å². The Labute approximate surface area is 98.6 Å². The van der Waals surface area contributed by atoms with Gasteiger partial charge >= 0.3 is 5.97 Å². The molecule has 0 spiro atoms. The number of carbonyl (C=O) groups is 1. The summed E-state index contributed by atoms with van der Waals surface area (Å²) in [6.45, 7) is 7.35. The fraction of sp³-hybridized carbons (Fsp3) is 0.917. The Hall–Kier alpha value is -0.610. The molecule has 0 bridgehead atoms. The molecule has 1 unspecified atom stereocenters. The lowest BCUT2D eigenvalue weighted by atomic mass is 10.1. The number of carboxylic acids is 1. The van der Waals surface area contributed by atoms with E-state index in [1.807, 2.05) is 14.0 Å². The van der Waals surface area contributed by atoms with E-state index < -0.39 is 12.1 Å². The van der Waals surface area contributed by atoms with E-state index >= 15 is 0 Å². The van der Waals surface area contributed by atoms with Crippen molar-refractivity contribution in [2.24, 2.45) is 0 Å². The fourth-order valence-corrected chi connectivity index (χ4v) is 1.89. The van der Waals surface area contributed by atoms with Crippen molar-refractivity contribution in [3.05, 3.63) is 0 Å². The van der Waals surface area contributed by atoms with Crippen LogP contribution >= 0.6 is 0 Å². The molecule has 0 fully saturated rings. The number of hydrogen-bond acceptors (Lipinski definition) is 3. The van der Waals surface area contributed by atoms with Gasteiger partial charge in [0.1, 0.15) is 0 Å². The summed E-state index contributed by atoms with van der Waals surface area (Å²) in [6, 6.07) is 0.538. The molecule has 0 aromatic rings. The largest absolute Gasteiger partial charge is 0.479 e. The third-order valence-corrected chi connectivity index (χ3v) is 2.95. The molecular weight excluding hydrogens is 206 g/mol. The highest BCUT2D eigenvalue weighted by Crippen LogP contribution is 2.08. The maximum atomic E-state index is 10.9. The van der Waals surface area contributed by atoms with Gasteiger partial charge in [0.2, 0.25) is 0 Å². The Morgan fingerprint density at radius 1 is 1.31 bits per heavy atom. The number of nitrogens with zero attached hydrogens (tertiary/aromatic N) is 1. The van der Waals surface area contributed by atoms with Crippen LogP contribution in [0, 0.1) is 0 Å². The molecule has 0 heterocycles. The normalized spacial score (nSPS) is 13.4. The van der Waals surface area contributed by atoms with Gasteiger partial charge in [-0.2, -0.15) is 0 Å². The topological polar surface area (TPSA) is 49.8 Å². The Bertz CT molecular complexity index is 193. The monoisotopic (exact) mass is 231 g/mol. The van der Waals surface area contributed by atoms with E-state index in [0.29, 0.717) is 19.1 Å². The summed E-state index contributed by atoms with van der Waals surface area (Å²) in [5, 5.41) is 8.93. The van der Waals surface area contributed by atoms with Crippen LogP contribution in [0.3, 0.4) is 0 Å². The lowest BCUT2D eigenvalue weighted by Crippen LogP contribution is -2.35. The molecule has 0 saturated carbocycles. The first-order valence-corrected chi connectivity index (χ1v) is 6.11. The SMILES string of the molecule is CCOC(CCN(C)C(CC)CC)C(=O)O. The highest BCUT2D eigenvalue weighted by molar-refractivity contribution is 5.72. The molecule has 4 heteroatoms. The molecule has 16 heavy (non-hydrogen) atoms. The molecule has 1 atom stereocenters. The molecule has 1 N–H and O–H groups in total. The highest BCUT2D eigenvalue weighted by Gasteiger charge is 2.19. The average Bonchev–Trinajstić information content (AvgIpc) is 2.25. The van der Waals surface area contributed by atoms with Gasteiger partial charge in [0.25, 0.3) is 0 Å². The minimum Gasteiger partial charge on any atom is -0.479 e. The molecule has 0 aliphatic heterocycles. The summed E-state index contributed by atoms with van der Waals surface area (Å²) in [5.41, 5.74) is 0. The number of hydrogen-bond donors (Lipinski definition) is 1. The molecule has 0 amide bonds. The second-order valence-corrected chi connectivity index (χ2v) is 4.02. The van der Waals surface area contributed by atoms with Gasteiger partial charge in [0.15, 0.2) is 6.10 Å². The van der Waals surface area contributed by atoms with Crippen LogP contribution < -0.4 is 0 Å². The summed E-state index contributed by atoms with van der Waals surface area (Å²) < 4.78 is 5.17. The third-order valence-electron chi connectivity index (χ3n) is 2.95. The van der Waals surface area contributed by atoms with Gasteiger partial charge in [0, 0.05) is 19.2 Å². The average molecular weight is 231 g/mol. The first-order valence-electron chi connectivity index (χ1n) is 6.11. The van der Waals surface area contributed by atoms with E-state index in [9.17, 15) is 4.79 Å². The second kappa shape index (κ2) is 8.53. The Morgan fingerprint density at radius 3 is 2.25 bits per heavy atom. The van der Waals surface area contributed by atoms with Gasteiger partial charge in [-0.05, 0) is 33.2 Å². The van der Waals surface area contributed by atoms with Crippen LogP contribution in [-0.2, 0) is 9.53 Å². The molecule has 0 rings (SSSR count). The van der Waals surface area contributed by atoms with Crippen molar-refractivity contribution in [1.29, 1.82) is 0 Å². The zero-order chi connectivity index (χ0) is 12.6. The lowest BCUT2D eigenvalue weighted by molar-refractivity contribution is -0.150. The minimum absolute atomic E-state index is 0.450. The highest BCUT2D eigenvalue weighted by atomic mass is 16.5. The maximum Gasteiger partial charge on any atom is 0.332 e. The zero-order valence-corrected chi connectivity index (χ0v) is 10.9. The molecule has 0 aliphatic carbocycles. The quantitative estimate of drug-likeness (QED) is 0.659. The summed E-state index contributed by atoms with van der Waals surface area (Å²) in [5.74, 6) is -0.861. The van der Waals surface area contributed by atoms with Crippen LogP contribution in [-0.4, -0.2) is 48.3 Å². The molecule has 96 valence electrons. The molecule has 0 saturated heterocycles. The van der Waals surface area contributed by atoms with Crippen LogP contribution in [0.4, 0.5) is 0 Å². The van der Waals surface area contributed by atoms with E-state index in [0.717, 1.165) is 19.4 Å². The number of rotatable bonds is 9. The van der Waals surface area contributed by atoms with E-state index in [1.165, 1.54) is 0 Å². The van der Waals surface area contributed by atoms with Gasteiger partial charge in [-0.25, -0.2) is 4.79 Å². The van der Waals surface area contributed by atoms with Crippen LogP contribution in [0.15, 0.2) is 0 Å². The number of aliphatic carboxylic acids is 1. The van der Waals surface area contributed by atoms with Crippen molar-refractivity contribution < 1.29 is 14.6 Å². The van der Waals surface area contributed by atoms with Gasteiger partial charge in [-0.15, -0.1) is 0 Å². The first kappa shape index (κ1) is 15.4. The Kier molecular flexibility index (Phi) is 8.21. The summed E-state index contributed by atoms with van der Waals surface area (Å²) >= 11 is 0. The van der Waals surface area contributed by atoms with E-state index in [-0.39, 0.29) is 0 Å². The molecule has 0 aliphatic rings. The minimum atomic E-state index is -0.861. The van der Waals surface area contributed by atoms with Gasteiger partial charge in [-0.1, -0.05) is 13.8 Å². The smallest absolute Gasteiger partial charge is 0.332 e. The first-order chi connectivity index (χ1) is 7.56. The molecule has 0 radical (unpaired) electrons. The predicted octanol–water partition coefficient (Wildman–Crippen LogP) is 1.99. The van der Waals surface area contributed by atoms with Crippen molar-refractivity contribution in [3.8, 4) is 0 Å². The van der Waals surface area contributed by atoms with Gasteiger partial charge < -0.3 is 14.7 Å². The fourth-order valence-electron chi connectivity index (χ4n) is 1.89. The second-order valence-electron chi connectivity index (χ2n) is 4.02. The lowest BCUT2D eigenvalue weighted by Gasteiger charge is -2.27. The van der Waals surface area contributed by atoms with Crippen molar-refractivity contribution in [3.63, 3.8) is 0 Å². The van der Waals surface area contributed by atoms with Crippen LogP contribution in [0.1, 0.15) is 40.0 Å². The molecule has 4 nitrogen and oxygen atoms in total. The van der Waals surface area contributed by atoms with Gasteiger partial charge in [-0.3, -0.25) is 0 Å². The molecule has 0 aromatic heterocycles. The summed E-state index contributed by atoms with van der Waals surface area (Å²) in [7, 11) is 2.04. The van der Waals surface area contributed by atoms with Crippen LogP contribution in [0.25, 0.3) is 0 Å². The Morgan fingerprint density at radius 2 is 1.88 bits per heavy atom. The Balaban J connectivity index is 4.03. The molecule has 0 aromatic carbocycles. The number of carboxylic acid groups (broad SMARTS) is 1. The zero-order valence-electron chi connectivity index (χ0n) is 10.9. The van der Waals surface area contributed by atoms with Crippen LogP contribution in [0.5, 0.6) is 0 Å². The predicted molar refractivity (Wildman–Crippen MR) is 64.7 cm³/mol. The summed E-state index contributed by atoms with van der Waals surface area (Å²) in [4.78, 5) is 13.1. The number of ether oxygens (including phenoxy) is 1. The van der Waals surface area contributed by atoms with Crippen molar-refractivity contribution in [2.45, 2.75) is 52.2 Å². The maximum absolute atomic E-state index is 10.9. The van der Waals surface area contributed by atoms with E-state index in [4.69, 9.17) is 9.84 Å². The molecular formula is C12H25NO3. The standard InChI is InChI=1S/C12H25NO3/c1-5-10(6-2)13(4)9-8-11(12(14)15)16-7-3/h10-11H,5-9H2,1-4H3,(H,14,15). The van der Waals surface area contributed by atoms with E-state index in [2.05, 4.69) is 18.7 Å². The van der Waals surface area contributed by atoms with E-state index in [1.54, 1.807) is 0 Å². The summed E-state index contributed by atoms with van der Waals surface area (Å²) in [6.07, 6.45) is 2.08. The third kappa shape index (κ3) is 5.47.